The lowest BCUT2D eigenvalue weighted by atomic mass is 10.1. The fraction of sp³-hybridized carbons (Fsp3) is 0.600. The van der Waals surface area contributed by atoms with Crippen LogP contribution < -0.4 is 5.32 Å². The molecule has 0 fully saturated rings. The molecule has 2 rings (SSSR count). The van der Waals surface area contributed by atoms with E-state index in [-0.39, 0.29) is 6.61 Å². The van der Waals surface area contributed by atoms with Gasteiger partial charge in [0.05, 0.1) is 24.5 Å². The molecule has 2 aromatic rings. The van der Waals surface area contributed by atoms with E-state index in [2.05, 4.69) is 40.5 Å². The molecular formula is C15H25N5O. The van der Waals surface area contributed by atoms with Crippen LogP contribution in [0.5, 0.6) is 0 Å². The maximum absolute atomic E-state index is 9.04. The summed E-state index contributed by atoms with van der Waals surface area (Å²) in [6.07, 6.45) is 0.896. The van der Waals surface area contributed by atoms with Crippen LogP contribution in [0.15, 0.2) is 6.07 Å². The molecule has 0 radical (unpaired) electrons. The maximum atomic E-state index is 9.04. The van der Waals surface area contributed by atoms with E-state index in [1.807, 2.05) is 18.5 Å². The van der Waals surface area contributed by atoms with Crippen molar-refractivity contribution in [2.45, 2.75) is 53.2 Å². The molecule has 0 aliphatic heterocycles. The Kier molecular flexibility index (Phi) is 5.14. The Hall–Kier alpha value is -1.66. The van der Waals surface area contributed by atoms with Crippen LogP contribution in [0.3, 0.4) is 0 Å². The lowest BCUT2D eigenvalue weighted by molar-refractivity contribution is 0.267. The highest BCUT2D eigenvalue weighted by Crippen LogP contribution is 2.13. The molecule has 6 heteroatoms. The molecule has 2 heterocycles. The Morgan fingerprint density at radius 2 is 2.14 bits per heavy atom. The molecule has 0 aromatic carbocycles. The minimum atomic E-state index is 0.115. The van der Waals surface area contributed by atoms with Gasteiger partial charge in [-0.3, -0.25) is 9.78 Å². The smallest absolute Gasteiger partial charge is 0.0644 e. The first-order valence-corrected chi connectivity index (χ1v) is 7.39. The van der Waals surface area contributed by atoms with E-state index in [1.165, 1.54) is 5.56 Å². The van der Waals surface area contributed by atoms with E-state index >= 15 is 0 Å². The number of nitrogens with zero attached hydrogens (tertiary/aromatic N) is 3. The van der Waals surface area contributed by atoms with Gasteiger partial charge in [-0.1, -0.05) is 0 Å². The molecule has 0 bridgehead atoms. The number of nitrogens with one attached hydrogen (secondary N) is 2. The molecule has 2 aromatic heterocycles. The van der Waals surface area contributed by atoms with E-state index in [9.17, 15) is 0 Å². The molecule has 0 amide bonds. The van der Waals surface area contributed by atoms with E-state index in [4.69, 9.17) is 5.11 Å². The monoisotopic (exact) mass is 291 g/mol. The number of aliphatic hydroxyl groups is 1. The van der Waals surface area contributed by atoms with Crippen molar-refractivity contribution >= 4 is 0 Å². The van der Waals surface area contributed by atoms with Gasteiger partial charge in [-0.25, -0.2) is 0 Å². The highest BCUT2D eigenvalue weighted by molar-refractivity contribution is 5.24. The van der Waals surface area contributed by atoms with Gasteiger partial charge in [0.15, 0.2) is 0 Å². The van der Waals surface area contributed by atoms with Gasteiger partial charge in [-0.05, 0) is 33.8 Å². The fourth-order valence-electron chi connectivity index (χ4n) is 2.54. The van der Waals surface area contributed by atoms with Gasteiger partial charge in [0, 0.05) is 36.0 Å². The Morgan fingerprint density at radius 3 is 2.76 bits per heavy atom. The summed E-state index contributed by atoms with van der Waals surface area (Å²) in [7, 11) is 0. The summed E-state index contributed by atoms with van der Waals surface area (Å²) in [6, 6.07) is 2.42. The average molecular weight is 291 g/mol. The van der Waals surface area contributed by atoms with Crippen LogP contribution in [0.2, 0.25) is 0 Å². The number of aliphatic hydroxyl groups excluding tert-OH is 1. The molecular weight excluding hydrogens is 266 g/mol. The minimum Gasteiger partial charge on any atom is -0.394 e. The number of H-pyrrole nitrogens is 1. The molecule has 0 spiro atoms. The van der Waals surface area contributed by atoms with Gasteiger partial charge in [0.2, 0.25) is 0 Å². The lowest BCUT2D eigenvalue weighted by Gasteiger charge is -2.13. The number of aryl methyl sites for hydroxylation is 2. The summed E-state index contributed by atoms with van der Waals surface area (Å²) in [4.78, 5) is 0. The summed E-state index contributed by atoms with van der Waals surface area (Å²) in [5.41, 5.74) is 5.53. The van der Waals surface area contributed by atoms with Crippen molar-refractivity contribution in [3.63, 3.8) is 0 Å². The minimum absolute atomic E-state index is 0.115. The standard InChI is InChI=1S/C15H25N5O/c1-10(7-14-8-11(2)17-18-14)16-9-15-12(3)19-20(5-6-21)13(15)4/h8,10,16,21H,5-7,9H2,1-4H3,(H,17,18). The summed E-state index contributed by atoms with van der Waals surface area (Å²) in [5, 5.41) is 24.3. The highest BCUT2D eigenvalue weighted by Gasteiger charge is 2.12. The van der Waals surface area contributed by atoms with Crippen LogP contribution in [0, 0.1) is 20.8 Å². The third-order valence-electron chi connectivity index (χ3n) is 3.74. The molecule has 3 N–H and O–H groups in total. The third kappa shape index (κ3) is 3.92. The topological polar surface area (TPSA) is 78.8 Å². The fourth-order valence-corrected chi connectivity index (χ4v) is 2.54. The predicted molar refractivity (Wildman–Crippen MR) is 82.1 cm³/mol. The van der Waals surface area contributed by atoms with Crippen molar-refractivity contribution < 1.29 is 5.11 Å². The summed E-state index contributed by atoms with van der Waals surface area (Å²) < 4.78 is 1.87. The highest BCUT2D eigenvalue weighted by atomic mass is 16.3. The molecule has 116 valence electrons. The van der Waals surface area contributed by atoms with Crippen LogP contribution in [-0.4, -0.2) is 37.7 Å². The summed E-state index contributed by atoms with van der Waals surface area (Å²) in [6.45, 7) is 9.68. The Labute approximate surface area is 125 Å². The zero-order valence-electron chi connectivity index (χ0n) is 13.3. The molecule has 6 nitrogen and oxygen atoms in total. The van der Waals surface area contributed by atoms with Crippen molar-refractivity contribution in [3.8, 4) is 0 Å². The lowest BCUT2D eigenvalue weighted by Crippen LogP contribution is -2.28. The molecule has 0 saturated heterocycles. The quantitative estimate of drug-likeness (QED) is 0.717. The van der Waals surface area contributed by atoms with Gasteiger partial charge in [-0.2, -0.15) is 10.2 Å². The SMILES string of the molecule is Cc1cc(CC(C)NCc2c(C)nn(CCO)c2C)n[nH]1. The van der Waals surface area contributed by atoms with Gasteiger partial charge < -0.3 is 10.4 Å². The first-order chi connectivity index (χ1) is 10.0. The molecule has 0 saturated carbocycles. The summed E-state index contributed by atoms with van der Waals surface area (Å²) >= 11 is 0. The zero-order chi connectivity index (χ0) is 15.4. The van der Waals surface area contributed by atoms with Crippen molar-refractivity contribution in [2.75, 3.05) is 6.61 Å². The van der Waals surface area contributed by atoms with E-state index < -0.39 is 0 Å². The number of aromatic nitrogens is 4. The molecule has 1 atom stereocenters. The van der Waals surface area contributed by atoms with Crippen LogP contribution in [0.4, 0.5) is 0 Å². The Bertz CT molecular complexity index is 587. The molecule has 0 aliphatic rings. The van der Waals surface area contributed by atoms with Gasteiger partial charge in [-0.15, -0.1) is 0 Å². The van der Waals surface area contributed by atoms with Gasteiger partial charge >= 0.3 is 0 Å². The normalized spacial score (nSPS) is 12.8. The van der Waals surface area contributed by atoms with E-state index in [0.717, 1.165) is 35.7 Å². The summed E-state index contributed by atoms with van der Waals surface area (Å²) in [5.74, 6) is 0. The average Bonchev–Trinajstić information content (AvgIpc) is 2.93. The second-order valence-corrected chi connectivity index (χ2v) is 5.62. The van der Waals surface area contributed by atoms with Crippen molar-refractivity contribution in [1.82, 2.24) is 25.3 Å². The van der Waals surface area contributed by atoms with Crippen molar-refractivity contribution in [3.05, 3.63) is 34.4 Å². The number of aromatic amines is 1. The van der Waals surface area contributed by atoms with Crippen LogP contribution in [-0.2, 0) is 19.5 Å². The Balaban J connectivity index is 1.93. The predicted octanol–water partition coefficient (Wildman–Crippen LogP) is 1.24. The molecule has 1 unspecified atom stereocenters. The number of hydrogen-bond donors (Lipinski definition) is 3. The van der Waals surface area contributed by atoms with E-state index in [0.29, 0.717) is 12.6 Å². The molecule has 0 aliphatic carbocycles. The van der Waals surface area contributed by atoms with Crippen LogP contribution >= 0.6 is 0 Å². The largest absolute Gasteiger partial charge is 0.394 e. The first-order valence-electron chi connectivity index (χ1n) is 7.39. The van der Waals surface area contributed by atoms with E-state index in [1.54, 1.807) is 0 Å². The van der Waals surface area contributed by atoms with Crippen LogP contribution in [0.1, 0.15) is 35.3 Å². The second kappa shape index (κ2) is 6.87. The van der Waals surface area contributed by atoms with Gasteiger partial charge in [0.25, 0.3) is 0 Å². The zero-order valence-corrected chi connectivity index (χ0v) is 13.3. The maximum Gasteiger partial charge on any atom is 0.0644 e. The molecule has 21 heavy (non-hydrogen) atoms. The van der Waals surface area contributed by atoms with Gasteiger partial charge in [0.1, 0.15) is 0 Å². The Morgan fingerprint density at radius 1 is 1.38 bits per heavy atom. The van der Waals surface area contributed by atoms with Crippen molar-refractivity contribution in [2.24, 2.45) is 0 Å². The number of rotatable bonds is 7. The first kappa shape index (κ1) is 15.7. The van der Waals surface area contributed by atoms with Crippen LogP contribution in [0.25, 0.3) is 0 Å². The second-order valence-electron chi connectivity index (χ2n) is 5.62. The number of hydrogen-bond acceptors (Lipinski definition) is 4. The third-order valence-corrected chi connectivity index (χ3v) is 3.74. The van der Waals surface area contributed by atoms with Crippen molar-refractivity contribution in [1.29, 1.82) is 0 Å².